The van der Waals surface area contributed by atoms with Gasteiger partial charge in [-0.2, -0.15) is 0 Å². The lowest BCUT2D eigenvalue weighted by atomic mass is 9.43. The monoisotopic (exact) mass is 542 g/mol. The van der Waals surface area contributed by atoms with Gasteiger partial charge in [-0.05, 0) is 103 Å². The van der Waals surface area contributed by atoms with Crippen LogP contribution in [0.25, 0.3) is 0 Å². The quantitative estimate of drug-likeness (QED) is 0.235. The fourth-order valence-corrected chi connectivity index (χ4v) is 9.90. The van der Waals surface area contributed by atoms with Gasteiger partial charge in [0.05, 0.1) is 32.0 Å². The van der Waals surface area contributed by atoms with Crippen molar-refractivity contribution in [1.29, 1.82) is 0 Å². The van der Waals surface area contributed by atoms with Gasteiger partial charge in [0.2, 0.25) is 0 Å². The molecule has 0 aliphatic heterocycles. The first-order valence-corrected chi connectivity index (χ1v) is 15.3. The van der Waals surface area contributed by atoms with Crippen molar-refractivity contribution in [2.24, 2.45) is 46.3 Å². The van der Waals surface area contributed by atoms with E-state index in [9.17, 15) is 15.0 Å². The van der Waals surface area contributed by atoms with Crippen molar-refractivity contribution in [3.05, 3.63) is 35.9 Å². The lowest BCUT2D eigenvalue weighted by molar-refractivity contribution is -0.233. The Morgan fingerprint density at radius 1 is 1.00 bits per heavy atom. The van der Waals surface area contributed by atoms with Crippen LogP contribution in [0, 0.1) is 46.3 Å². The molecule has 1 aromatic carbocycles. The highest BCUT2D eigenvalue weighted by molar-refractivity contribution is 5.69. The number of methoxy groups -OCH3 is 1. The third-order valence-corrected chi connectivity index (χ3v) is 12.0. The van der Waals surface area contributed by atoms with Gasteiger partial charge in [-0.3, -0.25) is 4.79 Å². The van der Waals surface area contributed by atoms with Gasteiger partial charge in [0.15, 0.2) is 0 Å². The molecule has 6 heteroatoms. The van der Waals surface area contributed by atoms with Gasteiger partial charge in [-0.1, -0.05) is 51.1 Å². The number of benzene rings is 1. The summed E-state index contributed by atoms with van der Waals surface area (Å²) >= 11 is 0. The summed E-state index contributed by atoms with van der Waals surface area (Å²) < 4.78 is 17.5. The molecule has 1 aromatic rings. The minimum Gasteiger partial charge on any atom is -0.469 e. The minimum atomic E-state index is -0.691. The average Bonchev–Trinajstić information content (AvgIpc) is 3.30. The molecule has 0 amide bonds. The Hall–Kier alpha value is -1.47. The van der Waals surface area contributed by atoms with Gasteiger partial charge in [0, 0.05) is 6.42 Å². The van der Waals surface area contributed by atoms with Gasteiger partial charge in [-0.15, -0.1) is 0 Å². The Bertz CT molecular complexity index is 968. The molecule has 0 bridgehead atoms. The van der Waals surface area contributed by atoms with E-state index in [0.717, 1.165) is 31.2 Å². The lowest BCUT2D eigenvalue weighted by Gasteiger charge is -2.63. The number of esters is 1. The second-order valence-electron chi connectivity index (χ2n) is 13.7. The maximum Gasteiger partial charge on any atom is 0.305 e. The van der Waals surface area contributed by atoms with Crippen LogP contribution < -0.4 is 0 Å². The highest BCUT2D eigenvalue weighted by Crippen LogP contribution is 2.68. The van der Waals surface area contributed by atoms with Crippen LogP contribution in [0.15, 0.2) is 30.3 Å². The molecule has 4 aliphatic carbocycles. The number of rotatable bonds is 9. The Kier molecular flexibility index (Phi) is 8.78. The van der Waals surface area contributed by atoms with E-state index in [0.29, 0.717) is 49.0 Å². The third-order valence-electron chi connectivity index (χ3n) is 12.0. The fourth-order valence-electron chi connectivity index (χ4n) is 9.90. The van der Waals surface area contributed by atoms with Crippen LogP contribution in [0.3, 0.4) is 0 Å². The van der Waals surface area contributed by atoms with Crippen LogP contribution in [0.2, 0.25) is 0 Å². The summed E-state index contributed by atoms with van der Waals surface area (Å²) in [5.41, 5.74) is 1.37. The zero-order chi connectivity index (χ0) is 27.8. The van der Waals surface area contributed by atoms with E-state index >= 15 is 0 Å². The molecule has 11 atom stereocenters. The van der Waals surface area contributed by atoms with Crippen LogP contribution in [0.1, 0.15) is 84.1 Å². The second kappa shape index (κ2) is 11.8. The summed E-state index contributed by atoms with van der Waals surface area (Å²) in [4.78, 5) is 11.9. The Balaban J connectivity index is 1.35. The normalized spacial score (nSPS) is 42.2. The topological polar surface area (TPSA) is 85.2 Å². The van der Waals surface area contributed by atoms with Crippen molar-refractivity contribution in [2.75, 3.05) is 13.9 Å². The van der Waals surface area contributed by atoms with Crippen molar-refractivity contribution in [3.63, 3.8) is 0 Å². The number of ether oxygens (including phenoxy) is 3. The molecule has 6 nitrogen and oxygen atoms in total. The predicted octanol–water partition coefficient (Wildman–Crippen LogP) is 5.74. The van der Waals surface area contributed by atoms with Crippen molar-refractivity contribution in [3.8, 4) is 0 Å². The van der Waals surface area contributed by atoms with Crippen LogP contribution in [0.5, 0.6) is 0 Å². The Labute approximate surface area is 234 Å². The molecule has 0 saturated heterocycles. The van der Waals surface area contributed by atoms with Gasteiger partial charge in [-0.25, -0.2) is 0 Å². The number of hydrogen-bond acceptors (Lipinski definition) is 6. The van der Waals surface area contributed by atoms with Gasteiger partial charge in [0.25, 0.3) is 0 Å². The standard InChI is InChI=1S/C33H50O6/c1-21(10-13-29(35)37-4)23-11-12-24-30-25(14-16-32(23,24)2)33(3)17-15-27(34)31(36)26(33)18-28(30)39-20-38-19-22-8-6-5-7-9-22/h5-9,21,23-28,30-31,34,36H,10-20H2,1-4H3/t21-,23-,24+,25+,26-,27+,28-,30+,31-,32-,33-/m1/s1. The molecule has 39 heavy (non-hydrogen) atoms. The molecule has 4 fully saturated rings. The van der Waals surface area contributed by atoms with E-state index in [2.05, 4.69) is 32.9 Å². The number of carbonyl (C=O) groups is 1. The zero-order valence-electron chi connectivity index (χ0n) is 24.4. The van der Waals surface area contributed by atoms with E-state index in [1.807, 2.05) is 18.2 Å². The lowest BCUT2D eigenvalue weighted by Crippen LogP contribution is -2.62. The summed E-state index contributed by atoms with van der Waals surface area (Å²) in [7, 11) is 1.48. The summed E-state index contributed by atoms with van der Waals surface area (Å²) in [6.07, 6.45) is 7.19. The van der Waals surface area contributed by atoms with Crippen LogP contribution in [-0.4, -0.2) is 48.4 Å². The molecular formula is C33H50O6. The molecule has 5 rings (SSSR count). The first-order valence-electron chi connectivity index (χ1n) is 15.3. The van der Waals surface area contributed by atoms with E-state index in [1.54, 1.807) is 0 Å². The smallest absolute Gasteiger partial charge is 0.305 e. The SMILES string of the molecule is COC(=O)CC[C@@H](C)[C@H]1CC[C@H]2[C@@H]3[C@H](OCOCc4ccccc4)C[C@@H]4[C@@H](O)[C@@H](O)CC[C@]4(C)[C@H]3CC[C@]12C. The van der Waals surface area contributed by atoms with Crippen molar-refractivity contribution in [2.45, 2.75) is 103 Å². The molecule has 2 N–H and O–H groups in total. The van der Waals surface area contributed by atoms with E-state index in [1.165, 1.54) is 26.4 Å². The number of fused-ring (bicyclic) bond motifs is 5. The number of aliphatic hydroxyl groups excluding tert-OH is 2. The number of hydrogen-bond donors (Lipinski definition) is 2. The van der Waals surface area contributed by atoms with E-state index in [4.69, 9.17) is 14.2 Å². The van der Waals surface area contributed by atoms with E-state index in [-0.39, 0.29) is 35.6 Å². The largest absolute Gasteiger partial charge is 0.469 e. The fraction of sp³-hybridized carbons (Fsp3) is 0.788. The maximum absolute atomic E-state index is 11.9. The minimum absolute atomic E-state index is 0.0116. The van der Waals surface area contributed by atoms with Gasteiger partial charge >= 0.3 is 5.97 Å². The molecule has 0 radical (unpaired) electrons. The molecule has 0 spiro atoms. The first-order chi connectivity index (χ1) is 18.7. The van der Waals surface area contributed by atoms with Crippen LogP contribution in [0.4, 0.5) is 0 Å². The summed E-state index contributed by atoms with van der Waals surface area (Å²) in [5, 5.41) is 21.8. The highest BCUT2D eigenvalue weighted by atomic mass is 16.7. The summed E-state index contributed by atoms with van der Waals surface area (Å²) in [6.45, 7) is 7.99. The highest BCUT2D eigenvalue weighted by Gasteiger charge is 2.64. The number of aliphatic hydroxyl groups is 2. The van der Waals surface area contributed by atoms with Crippen molar-refractivity contribution < 1.29 is 29.2 Å². The molecular weight excluding hydrogens is 492 g/mol. The molecule has 0 unspecified atom stereocenters. The molecule has 0 heterocycles. The number of carbonyl (C=O) groups excluding carboxylic acids is 1. The van der Waals surface area contributed by atoms with Crippen molar-refractivity contribution in [1.82, 2.24) is 0 Å². The summed E-state index contributed by atoms with van der Waals surface area (Å²) in [6, 6.07) is 10.2. The first kappa shape index (κ1) is 29.0. The average molecular weight is 543 g/mol. The molecule has 0 aromatic heterocycles. The Morgan fingerprint density at radius 3 is 2.46 bits per heavy atom. The van der Waals surface area contributed by atoms with Crippen molar-refractivity contribution >= 4 is 5.97 Å². The maximum atomic E-state index is 11.9. The molecule has 4 aliphatic rings. The zero-order valence-corrected chi connectivity index (χ0v) is 24.4. The van der Waals surface area contributed by atoms with E-state index < -0.39 is 12.2 Å². The predicted molar refractivity (Wildman–Crippen MR) is 149 cm³/mol. The second-order valence-corrected chi connectivity index (χ2v) is 13.7. The van der Waals surface area contributed by atoms with Gasteiger partial charge in [0.1, 0.15) is 6.79 Å². The van der Waals surface area contributed by atoms with Crippen LogP contribution >= 0.6 is 0 Å². The summed E-state index contributed by atoms with van der Waals surface area (Å²) in [5.74, 6) is 2.45. The Morgan fingerprint density at radius 2 is 1.72 bits per heavy atom. The van der Waals surface area contributed by atoms with Crippen LogP contribution in [-0.2, 0) is 25.6 Å². The third kappa shape index (κ3) is 5.43. The van der Waals surface area contributed by atoms with Gasteiger partial charge < -0.3 is 24.4 Å². The molecule has 218 valence electrons. The molecule has 4 saturated carbocycles.